The van der Waals surface area contributed by atoms with Crippen molar-refractivity contribution in [1.82, 2.24) is 9.55 Å². The first-order valence-electron chi connectivity index (χ1n) is 7.82. The maximum atomic E-state index is 12.7. The van der Waals surface area contributed by atoms with Gasteiger partial charge in [-0.25, -0.2) is 4.98 Å². The fraction of sp³-hybridized carbons (Fsp3) is 0.353. The van der Waals surface area contributed by atoms with Gasteiger partial charge in [0.05, 0.1) is 11.9 Å². The van der Waals surface area contributed by atoms with Crippen LogP contribution in [-0.4, -0.2) is 15.5 Å². The van der Waals surface area contributed by atoms with Gasteiger partial charge in [-0.2, -0.15) is 13.2 Å². The molecule has 134 valence electrons. The molecule has 0 aliphatic rings. The van der Waals surface area contributed by atoms with Gasteiger partial charge < -0.3 is 5.32 Å². The van der Waals surface area contributed by atoms with Crippen molar-refractivity contribution in [3.8, 4) is 0 Å². The average molecular weight is 353 g/mol. The van der Waals surface area contributed by atoms with Crippen LogP contribution in [0, 0.1) is 0 Å². The number of aromatic nitrogens is 2. The highest BCUT2D eigenvalue weighted by Crippen LogP contribution is 2.30. The second kappa shape index (κ2) is 7.96. The largest absolute Gasteiger partial charge is 0.416 e. The predicted molar refractivity (Wildman–Crippen MR) is 87.2 cm³/mol. The molecule has 5 nitrogen and oxygen atoms in total. The zero-order valence-electron chi connectivity index (χ0n) is 13.6. The van der Waals surface area contributed by atoms with Gasteiger partial charge >= 0.3 is 6.18 Å². The lowest BCUT2D eigenvalue weighted by molar-refractivity contribution is -0.137. The Kier molecular flexibility index (Phi) is 5.95. The van der Waals surface area contributed by atoms with E-state index in [2.05, 4.69) is 10.3 Å². The number of unbranched alkanes of at least 4 members (excludes halogenated alkanes) is 1. The van der Waals surface area contributed by atoms with E-state index in [-0.39, 0.29) is 17.8 Å². The van der Waals surface area contributed by atoms with Crippen molar-refractivity contribution in [1.29, 1.82) is 0 Å². The predicted octanol–water partition coefficient (Wildman–Crippen LogP) is 3.24. The summed E-state index contributed by atoms with van der Waals surface area (Å²) in [6.45, 7) is 1.70. The van der Waals surface area contributed by atoms with Crippen molar-refractivity contribution < 1.29 is 18.0 Å². The van der Waals surface area contributed by atoms with Gasteiger partial charge in [0.25, 0.3) is 5.56 Å². The number of hydrogen-bond acceptors (Lipinski definition) is 3. The number of hydrogen-bond donors (Lipinski definition) is 1. The summed E-state index contributed by atoms with van der Waals surface area (Å²) < 4.78 is 39.1. The Balaban J connectivity index is 2.04. The number of carbonyl (C=O) groups is 1. The lowest BCUT2D eigenvalue weighted by atomic mass is 10.2. The molecule has 8 heteroatoms. The summed E-state index contributed by atoms with van der Waals surface area (Å²) in [5, 5.41) is 2.35. The Hall–Kier alpha value is -2.64. The zero-order chi connectivity index (χ0) is 18.4. The fourth-order valence-electron chi connectivity index (χ4n) is 2.21. The molecule has 0 atom stereocenters. The summed E-state index contributed by atoms with van der Waals surface area (Å²) in [7, 11) is 0. The quantitative estimate of drug-likeness (QED) is 0.867. The first kappa shape index (κ1) is 18.7. The van der Waals surface area contributed by atoms with E-state index in [1.807, 2.05) is 6.92 Å². The van der Waals surface area contributed by atoms with Gasteiger partial charge in [-0.15, -0.1) is 0 Å². The van der Waals surface area contributed by atoms with Crippen LogP contribution in [0.15, 0.2) is 41.5 Å². The van der Waals surface area contributed by atoms with Crippen LogP contribution < -0.4 is 10.9 Å². The maximum Gasteiger partial charge on any atom is 0.416 e. The van der Waals surface area contributed by atoms with Gasteiger partial charge in [0.1, 0.15) is 6.54 Å². The summed E-state index contributed by atoms with van der Waals surface area (Å²) in [4.78, 5) is 28.1. The molecule has 2 rings (SSSR count). The van der Waals surface area contributed by atoms with Crippen molar-refractivity contribution in [3.63, 3.8) is 0 Å². The summed E-state index contributed by atoms with van der Waals surface area (Å²) in [5.74, 6) is -0.607. The standard InChI is InChI=1S/C17H18F3N3O2/c1-2-3-6-13-9-16(25)23(11-21-13)10-15(24)22-14-7-4-5-12(8-14)17(18,19)20/h4-5,7-9,11H,2-3,6,10H2,1H3,(H,22,24). The molecule has 0 aliphatic heterocycles. The number of halogens is 3. The van der Waals surface area contributed by atoms with E-state index in [0.717, 1.165) is 29.5 Å². The third-order valence-corrected chi connectivity index (χ3v) is 3.51. The van der Waals surface area contributed by atoms with Crippen molar-refractivity contribution in [2.45, 2.75) is 38.9 Å². The Morgan fingerprint density at radius 2 is 2.04 bits per heavy atom. The summed E-state index contributed by atoms with van der Waals surface area (Å²) >= 11 is 0. The van der Waals surface area contributed by atoms with Gasteiger partial charge in [0.15, 0.2) is 0 Å². The number of alkyl halides is 3. The summed E-state index contributed by atoms with van der Waals surface area (Å²) in [6, 6.07) is 5.68. The molecule has 0 unspecified atom stereocenters. The summed E-state index contributed by atoms with van der Waals surface area (Å²) in [6.07, 6.45) is -0.644. The average Bonchev–Trinajstić information content (AvgIpc) is 2.54. The molecule has 0 aliphatic carbocycles. The van der Waals surface area contributed by atoms with E-state index in [4.69, 9.17) is 0 Å². The van der Waals surface area contributed by atoms with E-state index >= 15 is 0 Å². The molecular weight excluding hydrogens is 335 g/mol. The molecule has 1 N–H and O–H groups in total. The Morgan fingerprint density at radius 1 is 1.28 bits per heavy atom. The van der Waals surface area contributed by atoms with Crippen molar-refractivity contribution in [2.75, 3.05) is 5.32 Å². The number of nitrogens with zero attached hydrogens (tertiary/aromatic N) is 2. The maximum absolute atomic E-state index is 12.7. The number of anilines is 1. The van der Waals surface area contributed by atoms with Crippen LogP contribution in [-0.2, 0) is 23.9 Å². The minimum Gasteiger partial charge on any atom is -0.325 e. The molecule has 0 radical (unpaired) electrons. The molecule has 0 spiro atoms. The van der Waals surface area contributed by atoms with Crippen LogP contribution in [0.5, 0.6) is 0 Å². The van der Waals surface area contributed by atoms with Gasteiger partial charge in [0, 0.05) is 17.4 Å². The van der Waals surface area contributed by atoms with Crippen LogP contribution >= 0.6 is 0 Å². The van der Waals surface area contributed by atoms with Crippen LogP contribution in [0.1, 0.15) is 31.0 Å². The third kappa shape index (κ3) is 5.44. The summed E-state index contributed by atoms with van der Waals surface area (Å²) in [5.41, 5.74) is -0.563. The molecule has 0 saturated carbocycles. The number of carbonyl (C=O) groups excluding carboxylic acids is 1. The van der Waals surface area contributed by atoms with E-state index in [9.17, 15) is 22.8 Å². The minimum atomic E-state index is -4.49. The SMILES string of the molecule is CCCCc1cc(=O)n(CC(=O)Nc2cccc(C(F)(F)F)c2)cn1. The second-order valence-corrected chi connectivity index (χ2v) is 5.58. The molecule has 1 aromatic carbocycles. The molecule has 0 bridgehead atoms. The van der Waals surface area contributed by atoms with Gasteiger partial charge in [-0.1, -0.05) is 19.4 Å². The third-order valence-electron chi connectivity index (χ3n) is 3.51. The van der Waals surface area contributed by atoms with Crippen LogP contribution in [0.4, 0.5) is 18.9 Å². The van der Waals surface area contributed by atoms with Crippen molar-refractivity contribution in [3.05, 3.63) is 58.3 Å². The Labute approximate surface area is 142 Å². The molecule has 1 amide bonds. The fourth-order valence-corrected chi connectivity index (χ4v) is 2.21. The second-order valence-electron chi connectivity index (χ2n) is 5.58. The minimum absolute atomic E-state index is 0.0143. The first-order chi connectivity index (χ1) is 11.8. The number of aryl methyl sites for hydroxylation is 1. The van der Waals surface area contributed by atoms with Gasteiger partial charge in [-0.3, -0.25) is 14.2 Å². The van der Waals surface area contributed by atoms with E-state index in [1.165, 1.54) is 24.5 Å². The zero-order valence-corrected chi connectivity index (χ0v) is 13.6. The molecule has 25 heavy (non-hydrogen) atoms. The highest BCUT2D eigenvalue weighted by Gasteiger charge is 2.30. The highest BCUT2D eigenvalue weighted by molar-refractivity contribution is 5.90. The van der Waals surface area contributed by atoms with E-state index in [1.54, 1.807) is 0 Å². The van der Waals surface area contributed by atoms with E-state index in [0.29, 0.717) is 12.1 Å². The molecule has 1 aromatic heterocycles. The number of amides is 1. The van der Waals surface area contributed by atoms with Crippen molar-refractivity contribution >= 4 is 11.6 Å². The smallest absolute Gasteiger partial charge is 0.325 e. The van der Waals surface area contributed by atoms with Crippen molar-refractivity contribution in [2.24, 2.45) is 0 Å². The van der Waals surface area contributed by atoms with E-state index < -0.39 is 17.6 Å². The molecule has 0 saturated heterocycles. The van der Waals surface area contributed by atoms with Crippen LogP contribution in [0.25, 0.3) is 0 Å². The monoisotopic (exact) mass is 353 g/mol. The number of nitrogens with one attached hydrogen (secondary N) is 1. The molecule has 2 aromatic rings. The van der Waals surface area contributed by atoms with Gasteiger partial charge in [0.2, 0.25) is 5.91 Å². The molecular formula is C17H18F3N3O2. The lowest BCUT2D eigenvalue weighted by Crippen LogP contribution is -2.28. The normalized spacial score (nSPS) is 11.4. The van der Waals surface area contributed by atoms with Crippen LogP contribution in [0.3, 0.4) is 0 Å². The molecule has 0 fully saturated rings. The topological polar surface area (TPSA) is 64.0 Å². The number of benzene rings is 1. The highest BCUT2D eigenvalue weighted by atomic mass is 19.4. The van der Waals surface area contributed by atoms with Gasteiger partial charge in [-0.05, 0) is 31.0 Å². The van der Waals surface area contributed by atoms with Crippen LogP contribution in [0.2, 0.25) is 0 Å². The number of rotatable bonds is 6. The Morgan fingerprint density at radius 3 is 2.68 bits per heavy atom. The molecule has 1 heterocycles. The lowest BCUT2D eigenvalue weighted by Gasteiger charge is -2.10. The Bertz CT molecular complexity index is 800. The first-order valence-corrected chi connectivity index (χ1v) is 7.82.